The third-order valence-corrected chi connectivity index (χ3v) is 9.28. The van der Waals surface area contributed by atoms with Crippen LogP contribution in [0.15, 0.2) is 59.0 Å². The van der Waals surface area contributed by atoms with Crippen molar-refractivity contribution >= 4 is 31.9 Å². The molecule has 32 heavy (non-hydrogen) atoms. The highest BCUT2D eigenvalue weighted by Crippen LogP contribution is 2.22. The van der Waals surface area contributed by atoms with Crippen molar-refractivity contribution in [2.24, 2.45) is 0 Å². The molecule has 0 aliphatic carbocycles. The second-order valence-corrected chi connectivity index (χ2v) is 11.7. The fourth-order valence-electron chi connectivity index (χ4n) is 3.95. The summed E-state index contributed by atoms with van der Waals surface area (Å²) in [5.41, 5.74) is 0.832. The number of piperidine rings is 1. The number of aromatic nitrogens is 1. The lowest BCUT2D eigenvalue weighted by molar-refractivity contribution is 0.346. The maximum absolute atomic E-state index is 12.8. The number of rotatable bonds is 6. The molecule has 2 aliphatic rings. The van der Waals surface area contributed by atoms with Crippen LogP contribution >= 0.6 is 0 Å². The monoisotopic (exact) mass is 476 g/mol. The van der Waals surface area contributed by atoms with Crippen molar-refractivity contribution in [3.8, 4) is 0 Å². The number of hydrogen-bond acceptors (Lipinski definition) is 6. The molecule has 3 heterocycles. The van der Waals surface area contributed by atoms with Crippen LogP contribution in [0.4, 0.5) is 5.82 Å². The largest absolute Gasteiger partial charge is 0.354 e. The number of sulfonamides is 2. The maximum Gasteiger partial charge on any atom is 0.244 e. The van der Waals surface area contributed by atoms with Gasteiger partial charge in [0.25, 0.3) is 0 Å². The zero-order valence-electron chi connectivity index (χ0n) is 17.9. The van der Waals surface area contributed by atoms with E-state index in [1.165, 1.54) is 20.2 Å². The molecule has 1 aromatic heterocycles. The number of hydrogen-bond donors (Lipinski definition) is 0. The fraction of sp³-hybridized carbons (Fsp3) is 0.409. The second kappa shape index (κ2) is 9.70. The van der Waals surface area contributed by atoms with E-state index >= 15 is 0 Å². The van der Waals surface area contributed by atoms with Crippen molar-refractivity contribution in [2.75, 3.05) is 44.2 Å². The van der Waals surface area contributed by atoms with Crippen molar-refractivity contribution in [3.63, 3.8) is 0 Å². The van der Waals surface area contributed by atoms with E-state index in [-0.39, 0.29) is 4.90 Å². The lowest BCUT2D eigenvalue weighted by Crippen LogP contribution is -2.48. The van der Waals surface area contributed by atoms with Crippen LogP contribution in [0.2, 0.25) is 0 Å². The number of benzene rings is 1. The summed E-state index contributed by atoms with van der Waals surface area (Å²) in [7, 11) is -7.01. The number of pyridine rings is 1. The molecule has 8 nitrogen and oxygen atoms in total. The molecule has 1 aromatic carbocycles. The summed E-state index contributed by atoms with van der Waals surface area (Å²) in [6, 6.07) is 12.6. The molecule has 0 N–H and O–H groups in total. The van der Waals surface area contributed by atoms with Gasteiger partial charge in [-0.05, 0) is 36.6 Å². The Kier molecular flexibility index (Phi) is 6.94. The fourth-order valence-corrected chi connectivity index (χ4v) is 6.59. The molecule has 0 spiro atoms. The summed E-state index contributed by atoms with van der Waals surface area (Å²) in [4.78, 5) is 6.55. The predicted octanol–water partition coefficient (Wildman–Crippen LogP) is 2.38. The average molecular weight is 477 g/mol. The van der Waals surface area contributed by atoms with Gasteiger partial charge in [-0.3, -0.25) is 0 Å². The molecule has 172 valence electrons. The molecule has 2 aromatic rings. The Bertz CT molecular complexity index is 1140. The summed E-state index contributed by atoms with van der Waals surface area (Å²) < 4.78 is 53.8. The van der Waals surface area contributed by atoms with Gasteiger partial charge in [0.2, 0.25) is 20.0 Å². The quantitative estimate of drug-likeness (QED) is 0.636. The van der Waals surface area contributed by atoms with Crippen molar-refractivity contribution in [1.82, 2.24) is 13.6 Å². The topological polar surface area (TPSA) is 90.9 Å². The smallest absolute Gasteiger partial charge is 0.244 e. The first-order chi connectivity index (χ1) is 15.4. The Hall–Kier alpha value is -2.27. The van der Waals surface area contributed by atoms with Crippen LogP contribution in [0.25, 0.3) is 6.08 Å². The minimum atomic E-state index is -3.51. The van der Waals surface area contributed by atoms with Gasteiger partial charge in [-0.2, -0.15) is 8.61 Å². The highest BCUT2D eigenvalue weighted by Gasteiger charge is 2.28. The summed E-state index contributed by atoms with van der Waals surface area (Å²) in [6.07, 6.45) is 5.85. The zero-order chi connectivity index (χ0) is 22.6. The molecule has 0 atom stereocenters. The second-order valence-electron chi connectivity index (χ2n) is 7.96. The first kappa shape index (κ1) is 22.9. The number of piperazine rings is 1. The standard InChI is InChI=1S/C22H28N4O4S2/c27-31(28,18-11-20-7-3-1-4-8-20)25-16-14-24(15-17-25)22-10-9-21(19-23-22)32(29,30)26-12-5-2-6-13-26/h1,3-4,7-11,18-19H,2,5-6,12-17H2. The molecule has 0 unspecified atom stereocenters. The third kappa shape index (κ3) is 5.20. The Morgan fingerprint density at radius 1 is 0.750 bits per heavy atom. The van der Waals surface area contributed by atoms with Gasteiger partial charge in [0.05, 0.1) is 0 Å². The third-order valence-electron chi connectivity index (χ3n) is 5.83. The van der Waals surface area contributed by atoms with E-state index in [1.807, 2.05) is 35.2 Å². The van der Waals surface area contributed by atoms with Gasteiger partial charge < -0.3 is 4.90 Å². The lowest BCUT2D eigenvalue weighted by atomic mass is 10.2. The van der Waals surface area contributed by atoms with Gasteiger partial charge in [0.15, 0.2) is 0 Å². The Morgan fingerprint density at radius 3 is 2.06 bits per heavy atom. The predicted molar refractivity (Wildman–Crippen MR) is 125 cm³/mol. The lowest BCUT2D eigenvalue weighted by Gasteiger charge is -2.34. The van der Waals surface area contributed by atoms with E-state index in [4.69, 9.17) is 0 Å². The van der Waals surface area contributed by atoms with Gasteiger partial charge in [0, 0.05) is 50.9 Å². The van der Waals surface area contributed by atoms with Gasteiger partial charge in [-0.25, -0.2) is 21.8 Å². The first-order valence-electron chi connectivity index (χ1n) is 10.8. The van der Waals surface area contributed by atoms with Gasteiger partial charge >= 0.3 is 0 Å². The summed E-state index contributed by atoms with van der Waals surface area (Å²) in [6.45, 7) is 2.78. The van der Waals surface area contributed by atoms with Gasteiger partial charge in [-0.15, -0.1) is 0 Å². The maximum atomic E-state index is 12.8. The zero-order valence-corrected chi connectivity index (χ0v) is 19.5. The molecule has 2 aliphatic heterocycles. The number of anilines is 1. The molecule has 0 amide bonds. The molecule has 0 saturated carbocycles. The molecular formula is C22H28N4O4S2. The van der Waals surface area contributed by atoms with Gasteiger partial charge in [0.1, 0.15) is 10.7 Å². The molecule has 10 heteroatoms. The Balaban J connectivity index is 1.37. The van der Waals surface area contributed by atoms with Crippen molar-refractivity contribution in [3.05, 3.63) is 59.6 Å². The average Bonchev–Trinajstić information content (AvgIpc) is 2.84. The van der Waals surface area contributed by atoms with Crippen molar-refractivity contribution in [1.29, 1.82) is 0 Å². The highest BCUT2D eigenvalue weighted by atomic mass is 32.2. The van der Waals surface area contributed by atoms with Crippen LogP contribution in [-0.4, -0.2) is 69.7 Å². The highest BCUT2D eigenvalue weighted by molar-refractivity contribution is 7.92. The molecule has 0 bridgehead atoms. The van der Waals surface area contributed by atoms with E-state index in [9.17, 15) is 16.8 Å². The SMILES string of the molecule is O=S(=O)(C=Cc1ccccc1)N1CCN(c2ccc(S(=O)(=O)N3CCCCC3)cn2)CC1. The van der Waals surface area contributed by atoms with Crippen LogP contribution in [0.5, 0.6) is 0 Å². The number of nitrogens with zero attached hydrogens (tertiary/aromatic N) is 4. The van der Waals surface area contributed by atoms with E-state index in [1.54, 1.807) is 18.2 Å². The molecular weight excluding hydrogens is 448 g/mol. The normalized spacial score (nSPS) is 19.4. The van der Waals surface area contributed by atoms with E-state index in [0.29, 0.717) is 45.1 Å². The summed E-state index contributed by atoms with van der Waals surface area (Å²) >= 11 is 0. The van der Waals surface area contributed by atoms with Crippen molar-refractivity contribution in [2.45, 2.75) is 24.2 Å². The van der Waals surface area contributed by atoms with Crippen LogP contribution in [-0.2, 0) is 20.0 Å². The Labute approximate surface area is 190 Å². The van der Waals surface area contributed by atoms with E-state index in [0.717, 1.165) is 24.8 Å². The molecule has 2 fully saturated rings. The molecule has 0 radical (unpaired) electrons. The van der Waals surface area contributed by atoms with E-state index < -0.39 is 20.0 Å². The molecule has 2 saturated heterocycles. The van der Waals surface area contributed by atoms with Crippen LogP contribution < -0.4 is 4.90 Å². The van der Waals surface area contributed by atoms with Crippen LogP contribution in [0, 0.1) is 0 Å². The Morgan fingerprint density at radius 2 is 1.44 bits per heavy atom. The summed E-state index contributed by atoms with van der Waals surface area (Å²) in [5, 5.41) is 1.25. The molecule has 4 rings (SSSR count). The van der Waals surface area contributed by atoms with Crippen LogP contribution in [0.1, 0.15) is 24.8 Å². The first-order valence-corrected chi connectivity index (χ1v) is 13.7. The minimum absolute atomic E-state index is 0.204. The van der Waals surface area contributed by atoms with E-state index in [2.05, 4.69) is 4.98 Å². The summed E-state index contributed by atoms with van der Waals surface area (Å²) in [5.74, 6) is 0.652. The van der Waals surface area contributed by atoms with Crippen LogP contribution in [0.3, 0.4) is 0 Å². The van der Waals surface area contributed by atoms with Gasteiger partial charge in [-0.1, -0.05) is 36.8 Å². The van der Waals surface area contributed by atoms with Crippen molar-refractivity contribution < 1.29 is 16.8 Å². The minimum Gasteiger partial charge on any atom is -0.354 e.